The van der Waals surface area contributed by atoms with Crippen molar-refractivity contribution in [2.45, 2.75) is 20.8 Å². The molecule has 0 atom stereocenters. The van der Waals surface area contributed by atoms with Gasteiger partial charge in [-0.05, 0) is 38.0 Å². The fourth-order valence-electron chi connectivity index (χ4n) is 1.80. The van der Waals surface area contributed by atoms with Gasteiger partial charge in [0.1, 0.15) is 0 Å². The summed E-state index contributed by atoms with van der Waals surface area (Å²) in [4.78, 5) is 23.6. The minimum absolute atomic E-state index is 0.0898. The van der Waals surface area contributed by atoms with E-state index in [9.17, 15) is 9.59 Å². The van der Waals surface area contributed by atoms with Gasteiger partial charge in [0.15, 0.2) is 0 Å². The molecule has 1 aromatic carbocycles. The lowest BCUT2D eigenvalue weighted by Crippen LogP contribution is -2.32. The van der Waals surface area contributed by atoms with Crippen molar-refractivity contribution in [3.05, 3.63) is 46.8 Å². The molecule has 0 fully saturated rings. The molecule has 1 aromatic heterocycles. The summed E-state index contributed by atoms with van der Waals surface area (Å²) in [5.74, 6) is -0.674. The van der Waals surface area contributed by atoms with Crippen LogP contribution in [-0.4, -0.2) is 23.5 Å². The molecule has 0 saturated carbocycles. The maximum Gasteiger partial charge on any atom is 0.290 e. The van der Waals surface area contributed by atoms with Crippen LogP contribution in [0.2, 0.25) is 0 Å². The van der Waals surface area contributed by atoms with E-state index in [1.165, 1.54) is 6.07 Å². The Morgan fingerprint density at radius 1 is 1.24 bits per heavy atom. The Kier molecular flexibility index (Phi) is 4.37. The largest absolute Gasteiger partial charge is 0.351 e. The number of amides is 2. The summed E-state index contributed by atoms with van der Waals surface area (Å²) < 4.78 is 4.82. The van der Waals surface area contributed by atoms with Crippen LogP contribution in [-0.2, 0) is 4.79 Å². The lowest BCUT2D eigenvalue weighted by Gasteiger charge is -2.10. The van der Waals surface area contributed by atoms with Crippen molar-refractivity contribution < 1.29 is 14.1 Å². The number of hydrogen-bond acceptors (Lipinski definition) is 4. The maximum atomic E-state index is 11.8. The summed E-state index contributed by atoms with van der Waals surface area (Å²) >= 11 is 0. The van der Waals surface area contributed by atoms with E-state index in [0.29, 0.717) is 5.69 Å². The van der Waals surface area contributed by atoms with Crippen LogP contribution in [0.4, 0.5) is 5.69 Å². The zero-order chi connectivity index (χ0) is 15.4. The predicted octanol–water partition coefficient (Wildman–Crippen LogP) is 1.97. The molecule has 0 aliphatic rings. The number of carbonyl (C=O) groups is 2. The number of aryl methyl sites for hydroxylation is 2. The minimum atomic E-state index is -0.466. The zero-order valence-corrected chi connectivity index (χ0v) is 12.2. The van der Waals surface area contributed by atoms with Gasteiger partial charge in [-0.25, -0.2) is 0 Å². The second-order valence-electron chi connectivity index (χ2n) is 4.81. The van der Waals surface area contributed by atoms with Gasteiger partial charge < -0.3 is 15.2 Å². The number of carbonyl (C=O) groups excluding carboxylic acids is 2. The molecule has 0 unspecified atom stereocenters. The van der Waals surface area contributed by atoms with Crippen LogP contribution in [0.1, 0.15) is 27.4 Å². The van der Waals surface area contributed by atoms with Gasteiger partial charge in [0.25, 0.3) is 5.91 Å². The Morgan fingerprint density at radius 2 is 2.00 bits per heavy atom. The van der Waals surface area contributed by atoms with Crippen molar-refractivity contribution >= 4 is 17.5 Å². The van der Waals surface area contributed by atoms with Gasteiger partial charge in [0.2, 0.25) is 11.7 Å². The Hall–Kier alpha value is -2.63. The normalized spacial score (nSPS) is 10.2. The van der Waals surface area contributed by atoms with Gasteiger partial charge in [-0.3, -0.25) is 9.59 Å². The van der Waals surface area contributed by atoms with Gasteiger partial charge in [0, 0.05) is 11.8 Å². The number of nitrogens with zero attached hydrogens (tertiary/aromatic N) is 1. The lowest BCUT2D eigenvalue weighted by molar-refractivity contribution is -0.115. The maximum absolute atomic E-state index is 11.8. The molecule has 1 heterocycles. The first-order valence-corrected chi connectivity index (χ1v) is 6.55. The first-order valence-electron chi connectivity index (χ1n) is 6.55. The second-order valence-corrected chi connectivity index (χ2v) is 4.81. The summed E-state index contributed by atoms with van der Waals surface area (Å²) in [6.45, 7) is 5.49. The highest BCUT2D eigenvalue weighted by Gasteiger charge is 2.13. The van der Waals surface area contributed by atoms with Crippen molar-refractivity contribution in [2.24, 2.45) is 0 Å². The van der Waals surface area contributed by atoms with E-state index >= 15 is 0 Å². The molecule has 6 heteroatoms. The predicted molar refractivity (Wildman–Crippen MR) is 78.1 cm³/mol. The van der Waals surface area contributed by atoms with Crippen LogP contribution >= 0.6 is 0 Å². The van der Waals surface area contributed by atoms with Gasteiger partial charge in [-0.15, -0.1) is 0 Å². The number of hydrogen-bond donors (Lipinski definition) is 2. The summed E-state index contributed by atoms with van der Waals surface area (Å²) in [5.41, 5.74) is 3.45. The van der Waals surface area contributed by atoms with E-state index < -0.39 is 5.91 Å². The average Bonchev–Trinajstić information content (AvgIpc) is 2.88. The molecule has 110 valence electrons. The van der Waals surface area contributed by atoms with Crippen LogP contribution in [0.25, 0.3) is 0 Å². The highest BCUT2D eigenvalue weighted by molar-refractivity contribution is 5.98. The SMILES string of the molecule is Cc1cc(C(=O)NCC(=O)Nc2cccc(C)c2C)on1. The first-order chi connectivity index (χ1) is 9.97. The van der Waals surface area contributed by atoms with E-state index in [1.807, 2.05) is 32.0 Å². The van der Waals surface area contributed by atoms with Gasteiger partial charge >= 0.3 is 0 Å². The topological polar surface area (TPSA) is 84.2 Å². The fraction of sp³-hybridized carbons (Fsp3) is 0.267. The molecule has 0 aliphatic heterocycles. The quantitative estimate of drug-likeness (QED) is 0.900. The third-order valence-corrected chi connectivity index (χ3v) is 3.14. The minimum Gasteiger partial charge on any atom is -0.351 e. The van der Waals surface area contributed by atoms with Crippen molar-refractivity contribution in [2.75, 3.05) is 11.9 Å². The molecule has 0 aliphatic carbocycles. The van der Waals surface area contributed by atoms with E-state index in [4.69, 9.17) is 4.52 Å². The first kappa shape index (κ1) is 14.8. The van der Waals surface area contributed by atoms with Crippen LogP contribution in [0, 0.1) is 20.8 Å². The summed E-state index contributed by atoms with van der Waals surface area (Å²) in [6, 6.07) is 7.17. The van der Waals surface area contributed by atoms with Crippen LogP contribution in [0.15, 0.2) is 28.8 Å². The van der Waals surface area contributed by atoms with E-state index in [-0.39, 0.29) is 18.2 Å². The average molecular weight is 287 g/mol. The Morgan fingerprint density at radius 3 is 2.67 bits per heavy atom. The monoisotopic (exact) mass is 287 g/mol. The van der Waals surface area contributed by atoms with E-state index in [2.05, 4.69) is 15.8 Å². The molecule has 21 heavy (non-hydrogen) atoms. The van der Waals surface area contributed by atoms with Crippen molar-refractivity contribution in [3.63, 3.8) is 0 Å². The summed E-state index contributed by atoms with van der Waals surface area (Å²) in [7, 11) is 0. The number of aromatic nitrogens is 1. The fourth-order valence-corrected chi connectivity index (χ4v) is 1.80. The summed E-state index contributed by atoms with van der Waals surface area (Å²) in [6.07, 6.45) is 0. The van der Waals surface area contributed by atoms with Crippen LogP contribution in [0.3, 0.4) is 0 Å². The number of nitrogens with one attached hydrogen (secondary N) is 2. The molecular weight excluding hydrogens is 270 g/mol. The lowest BCUT2D eigenvalue weighted by atomic mass is 10.1. The Balaban J connectivity index is 1.90. The van der Waals surface area contributed by atoms with Gasteiger partial charge in [-0.1, -0.05) is 17.3 Å². The number of benzene rings is 1. The highest BCUT2D eigenvalue weighted by Crippen LogP contribution is 2.17. The highest BCUT2D eigenvalue weighted by atomic mass is 16.5. The number of rotatable bonds is 4. The Bertz CT molecular complexity index is 677. The van der Waals surface area contributed by atoms with Crippen LogP contribution < -0.4 is 10.6 Å². The molecule has 2 aromatic rings. The third-order valence-electron chi connectivity index (χ3n) is 3.14. The summed E-state index contributed by atoms with van der Waals surface area (Å²) in [5, 5.41) is 8.86. The smallest absolute Gasteiger partial charge is 0.290 e. The molecule has 6 nitrogen and oxygen atoms in total. The van der Waals surface area contributed by atoms with Gasteiger partial charge in [0.05, 0.1) is 12.2 Å². The molecular formula is C15H17N3O3. The zero-order valence-electron chi connectivity index (χ0n) is 12.2. The molecule has 0 saturated heterocycles. The second kappa shape index (κ2) is 6.21. The molecule has 0 radical (unpaired) electrons. The van der Waals surface area contributed by atoms with E-state index in [0.717, 1.165) is 16.8 Å². The molecule has 2 N–H and O–H groups in total. The van der Waals surface area contributed by atoms with Gasteiger partial charge in [-0.2, -0.15) is 0 Å². The third kappa shape index (κ3) is 3.68. The molecule has 0 spiro atoms. The van der Waals surface area contributed by atoms with Crippen molar-refractivity contribution in [1.29, 1.82) is 0 Å². The van der Waals surface area contributed by atoms with E-state index in [1.54, 1.807) is 6.92 Å². The molecule has 2 rings (SSSR count). The molecule has 0 bridgehead atoms. The standard InChI is InChI=1S/C15H17N3O3/c1-9-5-4-6-12(11(9)3)17-14(19)8-16-15(20)13-7-10(2)18-21-13/h4-7H,8H2,1-3H3,(H,16,20)(H,17,19). The van der Waals surface area contributed by atoms with Crippen molar-refractivity contribution in [1.82, 2.24) is 10.5 Å². The Labute approximate surface area is 122 Å². The van der Waals surface area contributed by atoms with Crippen LogP contribution in [0.5, 0.6) is 0 Å². The van der Waals surface area contributed by atoms with Crippen molar-refractivity contribution in [3.8, 4) is 0 Å². The number of anilines is 1. The molecule has 2 amide bonds.